The summed E-state index contributed by atoms with van der Waals surface area (Å²) >= 11 is 1.63. The second kappa shape index (κ2) is 9.45. The van der Waals surface area contributed by atoms with Crippen molar-refractivity contribution < 1.29 is 4.79 Å². The zero-order valence-electron chi connectivity index (χ0n) is 10.4. The van der Waals surface area contributed by atoms with Crippen molar-refractivity contribution in [2.24, 2.45) is 0 Å². The molecule has 0 bridgehead atoms. The van der Waals surface area contributed by atoms with Crippen LogP contribution in [0.5, 0.6) is 0 Å². The van der Waals surface area contributed by atoms with Crippen LogP contribution >= 0.6 is 23.7 Å². The van der Waals surface area contributed by atoms with Gasteiger partial charge in [-0.1, -0.05) is 13.0 Å². The summed E-state index contributed by atoms with van der Waals surface area (Å²) in [6.45, 7) is 6.63. The Morgan fingerprint density at radius 2 is 2.18 bits per heavy atom. The molecule has 1 rings (SSSR count). The van der Waals surface area contributed by atoms with Gasteiger partial charge in [-0.2, -0.15) is 0 Å². The third-order valence-corrected chi connectivity index (χ3v) is 3.45. The first-order chi connectivity index (χ1) is 7.75. The van der Waals surface area contributed by atoms with Crippen LogP contribution in [0.1, 0.15) is 31.1 Å². The lowest BCUT2D eigenvalue weighted by molar-refractivity contribution is -0.122. The number of carbonyl (C=O) groups excluding carboxylic acids is 1. The fraction of sp³-hybridized carbons (Fsp3) is 0.583. The molecule has 0 fully saturated rings. The molecule has 98 valence electrons. The van der Waals surface area contributed by atoms with E-state index in [4.69, 9.17) is 0 Å². The zero-order chi connectivity index (χ0) is 11.8. The molecule has 2 N–H and O–H groups in total. The molecule has 5 heteroatoms. The van der Waals surface area contributed by atoms with Crippen LogP contribution < -0.4 is 10.6 Å². The third-order valence-electron chi connectivity index (χ3n) is 2.39. The van der Waals surface area contributed by atoms with Crippen LogP contribution in [0.2, 0.25) is 0 Å². The molecule has 1 unspecified atom stereocenters. The topological polar surface area (TPSA) is 41.1 Å². The Labute approximate surface area is 113 Å². The highest BCUT2D eigenvalue weighted by atomic mass is 35.5. The van der Waals surface area contributed by atoms with Crippen molar-refractivity contribution in [3.8, 4) is 0 Å². The predicted octanol–water partition coefficient (Wildman–Crippen LogP) is 2.39. The van der Waals surface area contributed by atoms with Gasteiger partial charge < -0.3 is 10.6 Å². The zero-order valence-corrected chi connectivity index (χ0v) is 12.0. The molecule has 0 radical (unpaired) electrons. The number of hydrogen-bond acceptors (Lipinski definition) is 3. The van der Waals surface area contributed by atoms with Crippen LogP contribution in [0.15, 0.2) is 17.5 Å². The van der Waals surface area contributed by atoms with E-state index in [2.05, 4.69) is 17.6 Å². The predicted molar refractivity (Wildman–Crippen MR) is 76.2 cm³/mol. The van der Waals surface area contributed by atoms with Crippen molar-refractivity contribution in [2.45, 2.75) is 26.2 Å². The van der Waals surface area contributed by atoms with Gasteiger partial charge in [-0.3, -0.25) is 4.79 Å². The van der Waals surface area contributed by atoms with Crippen LogP contribution in [0.25, 0.3) is 0 Å². The summed E-state index contributed by atoms with van der Waals surface area (Å²) in [4.78, 5) is 12.9. The van der Waals surface area contributed by atoms with E-state index in [1.54, 1.807) is 11.3 Å². The van der Waals surface area contributed by atoms with Crippen molar-refractivity contribution in [1.29, 1.82) is 0 Å². The van der Waals surface area contributed by atoms with Crippen LogP contribution in [-0.2, 0) is 4.79 Å². The highest BCUT2D eigenvalue weighted by molar-refractivity contribution is 7.10. The Bertz CT molecular complexity index is 303. The van der Waals surface area contributed by atoms with Gasteiger partial charge in [0, 0.05) is 18.0 Å². The van der Waals surface area contributed by atoms with Gasteiger partial charge in [0.1, 0.15) is 0 Å². The number of nitrogens with one attached hydrogen (secondary N) is 2. The van der Waals surface area contributed by atoms with E-state index in [0.29, 0.717) is 6.54 Å². The molecule has 0 aliphatic rings. The molecule has 17 heavy (non-hydrogen) atoms. The molecule has 0 saturated heterocycles. The summed E-state index contributed by atoms with van der Waals surface area (Å²) in [6.07, 6.45) is 1.12. The molecule has 0 saturated carbocycles. The molecular formula is C12H21ClN2OS. The summed E-state index contributed by atoms with van der Waals surface area (Å²) in [5.74, 6) is 0.0759. The number of halogens is 1. The molecule has 1 aromatic heterocycles. The highest BCUT2D eigenvalue weighted by Gasteiger charge is 2.14. The Balaban J connectivity index is 0.00000256. The normalized spacial score (nSPS) is 11.6. The maximum absolute atomic E-state index is 11.7. The fourth-order valence-corrected chi connectivity index (χ4v) is 2.18. The van der Waals surface area contributed by atoms with Gasteiger partial charge in [-0.25, -0.2) is 0 Å². The minimum Gasteiger partial charge on any atom is -0.354 e. The summed E-state index contributed by atoms with van der Waals surface area (Å²) in [6, 6.07) is 3.98. The van der Waals surface area contributed by atoms with Gasteiger partial charge in [0.25, 0.3) is 0 Å². The Hall–Kier alpha value is -0.580. The van der Waals surface area contributed by atoms with Crippen molar-refractivity contribution in [3.05, 3.63) is 22.4 Å². The van der Waals surface area contributed by atoms with Gasteiger partial charge >= 0.3 is 0 Å². The Morgan fingerprint density at radius 1 is 1.41 bits per heavy atom. The smallest absolute Gasteiger partial charge is 0.228 e. The maximum atomic E-state index is 11.7. The van der Waals surface area contributed by atoms with Crippen molar-refractivity contribution in [1.82, 2.24) is 10.6 Å². The second-order valence-corrected chi connectivity index (χ2v) is 4.76. The van der Waals surface area contributed by atoms with Gasteiger partial charge in [0.2, 0.25) is 5.91 Å². The highest BCUT2D eigenvalue weighted by Crippen LogP contribution is 2.20. The van der Waals surface area contributed by atoms with E-state index in [1.807, 2.05) is 24.4 Å². The number of carbonyl (C=O) groups is 1. The molecule has 1 aromatic rings. The lowest BCUT2D eigenvalue weighted by atomic mass is 10.1. The third kappa shape index (κ3) is 6.05. The molecule has 1 amide bonds. The van der Waals surface area contributed by atoms with E-state index in [1.165, 1.54) is 0 Å². The molecule has 0 aliphatic carbocycles. The molecule has 3 nitrogen and oxygen atoms in total. The van der Waals surface area contributed by atoms with E-state index >= 15 is 0 Å². The SMILES string of the molecule is CCCNCCNC(=O)C(C)c1cccs1.Cl. The first-order valence-corrected chi connectivity index (χ1v) is 6.65. The van der Waals surface area contributed by atoms with Gasteiger partial charge in [0.05, 0.1) is 5.92 Å². The first-order valence-electron chi connectivity index (χ1n) is 5.77. The Morgan fingerprint density at radius 3 is 2.76 bits per heavy atom. The summed E-state index contributed by atoms with van der Waals surface area (Å²) in [5, 5.41) is 8.19. The molecule has 0 aromatic carbocycles. The first kappa shape index (κ1) is 16.4. The molecule has 1 atom stereocenters. The van der Waals surface area contributed by atoms with E-state index in [9.17, 15) is 4.79 Å². The fourth-order valence-electron chi connectivity index (χ4n) is 1.40. The van der Waals surface area contributed by atoms with Gasteiger partial charge in [-0.15, -0.1) is 23.7 Å². The van der Waals surface area contributed by atoms with Crippen LogP contribution in [0.3, 0.4) is 0 Å². The molecule has 0 aliphatic heterocycles. The quantitative estimate of drug-likeness (QED) is 0.751. The summed E-state index contributed by atoms with van der Waals surface area (Å²) in [7, 11) is 0. The minimum atomic E-state index is -0.0359. The largest absolute Gasteiger partial charge is 0.354 e. The molecule has 0 spiro atoms. The lowest BCUT2D eigenvalue weighted by Crippen LogP contribution is -2.34. The van der Waals surface area contributed by atoms with Crippen LogP contribution in [-0.4, -0.2) is 25.5 Å². The number of amides is 1. The number of hydrogen-bond donors (Lipinski definition) is 2. The molecule has 1 heterocycles. The van der Waals surface area contributed by atoms with Crippen LogP contribution in [0, 0.1) is 0 Å². The van der Waals surface area contributed by atoms with E-state index < -0.39 is 0 Å². The standard InChI is InChI=1S/C12H20N2OS.ClH/c1-3-6-13-7-8-14-12(15)10(2)11-5-4-9-16-11;/h4-5,9-10,13H,3,6-8H2,1-2H3,(H,14,15);1H. The average Bonchev–Trinajstić information content (AvgIpc) is 2.81. The summed E-state index contributed by atoms with van der Waals surface area (Å²) < 4.78 is 0. The number of rotatable bonds is 7. The second-order valence-electron chi connectivity index (χ2n) is 3.78. The monoisotopic (exact) mass is 276 g/mol. The lowest BCUT2D eigenvalue weighted by Gasteiger charge is -2.10. The van der Waals surface area contributed by atoms with E-state index in [-0.39, 0.29) is 24.2 Å². The minimum absolute atomic E-state index is 0. The van der Waals surface area contributed by atoms with Gasteiger partial charge in [-0.05, 0) is 31.3 Å². The van der Waals surface area contributed by atoms with E-state index in [0.717, 1.165) is 24.4 Å². The van der Waals surface area contributed by atoms with Crippen molar-refractivity contribution in [3.63, 3.8) is 0 Å². The van der Waals surface area contributed by atoms with Gasteiger partial charge in [0.15, 0.2) is 0 Å². The Kier molecular flexibility index (Phi) is 9.13. The average molecular weight is 277 g/mol. The maximum Gasteiger partial charge on any atom is 0.228 e. The summed E-state index contributed by atoms with van der Waals surface area (Å²) in [5.41, 5.74) is 0. The number of thiophene rings is 1. The van der Waals surface area contributed by atoms with Crippen LogP contribution in [0.4, 0.5) is 0 Å². The van der Waals surface area contributed by atoms with Crippen molar-refractivity contribution in [2.75, 3.05) is 19.6 Å². The van der Waals surface area contributed by atoms with Crippen molar-refractivity contribution >= 4 is 29.7 Å². The molecular weight excluding hydrogens is 256 g/mol.